The maximum atomic E-state index is 13.9. The van der Waals surface area contributed by atoms with Gasteiger partial charge < -0.3 is 15.2 Å². The molecule has 84 valence electrons. The molecule has 0 saturated carbocycles. The van der Waals surface area contributed by atoms with Crippen molar-refractivity contribution in [3.8, 4) is 11.5 Å². The molecule has 2 rings (SSSR count). The van der Waals surface area contributed by atoms with Crippen molar-refractivity contribution in [2.45, 2.75) is 0 Å². The summed E-state index contributed by atoms with van der Waals surface area (Å²) in [4.78, 5) is 0. The molecule has 2 aromatic carbocycles. The minimum absolute atomic E-state index is 0.0448. The van der Waals surface area contributed by atoms with E-state index in [1.165, 1.54) is 13.2 Å². The third-order valence-electron chi connectivity index (χ3n) is 2.52. The summed E-state index contributed by atoms with van der Waals surface area (Å²) in [6.07, 6.45) is 0. The molecule has 0 fully saturated rings. The molecule has 4 heteroatoms. The fourth-order valence-corrected chi connectivity index (χ4v) is 1.66. The van der Waals surface area contributed by atoms with E-state index in [2.05, 4.69) is 5.32 Å². The highest BCUT2D eigenvalue weighted by Gasteiger charge is 2.11. The van der Waals surface area contributed by atoms with Gasteiger partial charge in [0.2, 0.25) is 0 Å². The van der Waals surface area contributed by atoms with Crippen LogP contribution >= 0.6 is 0 Å². The number of methoxy groups -OCH3 is 1. The number of phenolic OH excluding ortho intramolecular Hbond substituents is 1. The molecule has 0 radical (unpaired) electrons. The Morgan fingerprint density at radius 3 is 2.62 bits per heavy atom. The molecule has 0 unspecified atom stereocenters. The molecule has 0 heterocycles. The zero-order valence-corrected chi connectivity index (χ0v) is 9.04. The Bertz CT molecular complexity index is 540. The van der Waals surface area contributed by atoms with Crippen LogP contribution in [0.15, 0.2) is 24.3 Å². The number of nitrogens with one attached hydrogen (secondary N) is 1. The van der Waals surface area contributed by atoms with E-state index in [-0.39, 0.29) is 11.5 Å². The second-order valence-electron chi connectivity index (χ2n) is 3.42. The van der Waals surface area contributed by atoms with Crippen LogP contribution in [0.3, 0.4) is 0 Å². The quantitative estimate of drug-likeness (QED) is 0.819. The average Bonchev–Trinajstić information content (AvgIpc) is 2.30. The number of ether oxygens (including phenoxy) is 1. The molecule has 16 heavy (non-hydrogen) atoms. The van der Waals surface area contributed by atoms with Crippen LogP contribution in [0.1, 0.15) is 0 Å². The highest BCUT2D eigenvalue weighted by atomic mass is 19.1. The maximum absolute atomic E-state index is 13.9. The Balaban J connectivity index is 2.80. The summed E-state index contributed by atoms with van der Waals surface area (Å²) in [6.45, 7) is 0. The van der Waals surface area contributed by atoms with Crippen molar-refractivity contribution in [1.82, 2.24) is 0 Å². The monoisotopic (exact) mass is 221 g/mol. The van der Waals surface area contributed by atoms with Crippen molar-refractivity contribution in [2.24, 2.45) is 0 Å². The van der Waals surface area contributed by atoms with Gasteiger partial charge in [-0.25, -0.2) is 4.39 Å². The number of rotatable bonds is 2. The maximum Gasteiger partial charge on any atom is 0.173 e. The molecular weight excluding hydrogens is 209 g/mol. The van der Waals surface area contributed by atoms with Crippen LogP contribution in [-0.2, 0) is 0 Å². The van der Waals surface area contributed by atoms with Crippen molar-refractivity contribution in [3.05, 3.63) is 30.1 Å². The number of phenols is 1. The van der Waals surface area contributed by atoms with Gasteiger partial charge in [0.25, 0.3) is 0 Å². The van der Waals surface area contributed by atoms with Gasteiger partial charge in [0.1, 0.15) is 5.75 Å². The number of halogens is 1. The van der Waals surface area contributed by atoms with E-state index in [4.69, 9.17) is 4.74 Å². The summed E-state index contributed by atoms with van der Waals surface area (Å²) >= 11 is 0. The van der Waals surface area contributed by atoms with Gasteiger partial charge in [-0.3, -0.25) is 0 Å². The third-order valence-corrected chi connectivity index (χ3v) is 2.52. The first-order valence-electron chi connectivity index (χ1n) is 4.84. The van der Waals surface area contributed by atoms with E-state index in [1.807, 2.05) is 0 Å². The summed E-state index contributed by atoms with van der Waals surface area (Å²) in [6, 6.07) is 6.31. The van der Waals surface area contributed by atoms with Crippen LogP contribution in [0.25, 0.3) is 10.8 Å². The number of hydrogen-bond acceptors (Lipinski definition) is 3. The predicted octanol–water partition coefficient (Wildman–Crippen LogP) is 2.73. The van der Waals surface area contributed by atoms with Gasteiger partial charge in [0.05, 0.1) is 7.11 Å². The number of fused-ring (bicyclic) bond motifs is 1. The van der Waals surface area contributed by atoms with Crippen molar-refractivity contribution in [2.75, 3.05) is 19.5 Å². The van der Waals surface area contributed by atoms with E-state index in [0.29, 0.717) is 16.5 Å². The van der Waals surface area contributed by atoms with E-state index < -0.39 is 5.82 Å². The van der Waals surface area contributed by atoms with E-state index in [9.17, 15) is 9.50 Å². The minimum atomic E-state index is -0.465. The summed E-state index contributed by atoms with van der Waals surface area (Å²) < 4.78 is 18.8. The fraction of sp³-hybridized carbons (Fsp3) is 0.167. The molecule has 2 aromatic rings. The van der Waals surface area contributed by atoms with E-state index >= 15 is 0 Å². The summed E-state index contributed by atoms with van der Waals surface area (Å²) in [5.74, 6) is -0.254. The van der Waals surface area contributed by atoms with Crippen LogP contribution in [0, 0.1) is 5.82 Å². The SMILES string of the molecule is CNc1cc(O)c2ccc(OC)c(F)c2c1. The van der Waals surface area contributed by atoms with Crippen LogP contribution in [0.4, 0.5) is 10.1 Å². The molecule has 0 atom stereocenters. The summed E-state index contributed by atoms with van der Waals surface area (Å²) in [5.41, 5.74) is 0.650. The second-order valence-corrected chi connectivity index (χ2v) is 3.42. The first-order chi connectivity index (χ1) is 7.67. The second kappa shape index (κ2) is 3.89. The Morgan fingerprint density at radius 1 is 1.25 bits per heavy atom. The molecule has 0 aliphatic heterocycles. The number of hydrogen-bond donors (Lipinski definition) is 2. The molecule has 0 aliphatic rings. The van der Waals surface area contributed by atoms with Gasteiger partial charge in [-0.15, -0.1) is 0 Å². The number of aromatic hydroxyl groups is 1. The Hall–Kier alpha value is -1.97. The lowest BCUT2D eigenvalue weighted by molar-refractivity contribution is 0.389. The lowest BCUT2D eigenvalue weighted by atomic mass is 10.1. The molecule has 0 bridgehead atoms. The molecule has 0 spiro atoms. The lowest BCUT2D eigenvalue weighted by Gasteiger charge is -2.09. The lowest BCUT2D eigenvalue weighted by Crippen LogP contribution is -1.92. The Morgan fingerprint density at radius 2 is 2.00 bits per heavy atom. The van der Waals surface area contributed by atoms with Crippen molar-refractivity contribution >= 4 is 16.5 Å². The third kappa shape index (κ3) is 1.52. The predicted molar refractivity (Wildman–Crippen MR) is 61.7 cm³/mol. The van der Waals surface area contributed by atoms with E-state index in [0.717, 1.165) is 0 Å². The van der Waals surface area contributed by atoms with Gasteiger partial charge in [-0.05, 0) is 18.2 Å². The molecular formula is C12H12FNO2. The molecule has 0 saturated heterocycles. The van der Waals surface area contributed by atoms with Crippen LogP contribution < -0.4 is 10.1 Å². The number of benzene rings is 2. The van der Waals surface area contributed by atoms with Gasteiger partial charge >= 0.3 is 0 Å². The van der Waals surface area contributed by atoms with Crippen LogP contribution in [0.2, 0.25) is 0 Å². The van der Waals surface area contributed by atoms with Gasteiger partial charge in [-0.1, -0.05) is 0 Å². The minimum Gasteiger partial charge on any atom is -0.507 e. The molecule has 2 N–H and O–H groups in total. The van der Waals surface area contributed by atoms with Crippen molar-refractivity contribution in [1.29, 1.82) is 0 Å². The number of anilines is 1. The topological polar surface area (TPSA) is 41.5 Å². The Labute approximate surface area is 92.5 Å². The normalized spacial score (nSPS) is 10.4. The fourth-order valence-electron chi connectivity index (χ4n) is 1.66. The highest BCUT2D eigenvalue weighted by Crippen LogP contribution is 2.34. The van der Waals surface area contributed by atoms with Gasteiger partial charge in [0.15, 0.2) is 11.6 Å². The standard InChI is InChI=1S/C12H12FNO2/c1-14-7-5-9-8(10(15)6-7)3-4-11(16-2)12(9)13/h3-6,14-15H,1-2H3. The highest BCUT2D eigenvalue weighted by molar-refractivity contribution is 5.92. The zero-order valence-electron chi connectivity index (χ0n) is 9.04. The van der Waals surface area contributed by atoms with Crippen LogP contribution in [0.5, 0.6) is 11.5 Å². The zero-order chi connectivity index (χ0) is 11.7. The molecule has 0 aliphatic carbocycles. The molecule has 0 amide bonds. The first-order valence-corrected chi connectivity index (χ1v) is 4.84. The van der Waals surface area contributed by atoms with E-state index in [1.54, 1.807) is 25.2 Å². The molecule has 0 aromatic heterocycles. The largest absolute Gasteiger partial charge is 0.507 e. The van der Waals surface area contributed by atoms with Gasteiger partial charge in [0, 0.05) is 29.6 Å². The summed E-state index contributed by atoms with van der Waals surface area (Å²) in [7, 11) is 3.12. The molecule has 3 nitrogen and oxygen atoms in total. The van der Waals surface area contributed by atoms with Crippen molar-refractivity contribution < 1.29 is 14.2 Å². The summed E-state index contributed by atoms with van der Waals surface area (Å²) in [5, 5.41) is 13.4. The van der Waals surface area contributed by atoms with Gasteiger partial charge in [-0.2, -0.15) is 0 Å². The van der Waals surface area contributed by atoms with Crippen molar-refractivity contribution in [3.63, 3.8) is 0 Å². The first kappa shape index (κ1) is 10.5. The van der Waals surface area contributed by atoms with Crippen LogP contribution in [-0.4, -0.2) is 19.3 Å². The smallest absolute Gasteiger partial charge is 0.173 e. The average molecular weight is 221 g/mol. The Kier molecular flexibility index (Phi) is 2.56.